The number of nitrogens with one attached hydrogen (secondary N) is 1. The molecule has 196 valence electrons. The molecule has 1 amide bonds. The van der Waals surface area contributed by atoms with Crippen LogP contribution < -0.4 is 9.64 Å². The van der Waals surface area contributed by atoms with Crippen molar-refractivity contribution in [1.82, 2.24) is 19.9 Å². The van der Waals surface area contributed by atoms with Crippen LogP contribution in [0, 0.1) is 17.5 Å². The number of carbonyl (C=O) groups excluding carboxylic acids is 1. The van der Waals surface area contributed by atoms with Gasteiger partial charge in [-0.25, -0.2) is 18.2 Å². The maximum absolute atomic E-state index is 15.1. The number of anilines is 1. The number of piperazine rings is 1. The molecule has 3 fully saturated rings. The van der Waals surface area contributed by atoms with Crippen molar-refractivity contribution in [3.05, 3.63) is 35.7 Å². The van der Waals surface area contributed by atoms with Crippen molar-refractivity contribution in [2.45, 2.75) is 31.3 Å². The Balaban J connectivity index is 1.25. The van der Waals surface area contributed by atoms with E-state index < -0.39 is 53.1 Å². The lowest BCUT2D eigenvalue weighted by atomic mass is 10.1. The molecule has 0 bridgehead atoms. The second kappa shape index (κ2) is 9.15. The standard InChI is InChI=1S/C24H24F3N5O5/c1-11(33)31-2-4-32(5-3-31)12-6-13(25)19(14(26)7-12)20-15(27)8-16-23(29-20)30-24(28-16)37-18-10-36-21-17(34)9-35-22(18)21/h6-8,17-18,21-22,34H,2-5,9-10H2,1H3,(H,28,29,30)/t17-,18-,21?,22-/m1/s1. The van der Waals surface area contributed by atoms with Gasteiger partial charge in [0.15, 0.2) is 17.6 Å². The summed E-state index contributed by atoms with van der Waals surface area (Å²) >= 11 is 0. The number of hydrogen-bond acceptors (Lipinski definition) is 8. The van der Waals surface area contributed by atoms with E-state index in [4.69, 9.17) is 14.2 Å². The summed E-state index contributed by atoms with van der Waals surface area (Å²) < 4.78 is 62.1. The number of hydrogen-bond donors (Lipinski definition) is 2. The van der Waals surface area contributed by atoms with E-state index in [9.17, 15) is 14.3 Å². The van der Waals surface area contributed by atoms with Crippen LogP contribution in [0.4, 0.5) is 18.9 Å². The number of imidazole rings is 1. The lowest BCUT2D eigenvalue weighted by molar-refractivity contribution is -0.129. The van der Waals surface area contributed by atoms with Gasteiger partial charge in [-0.05, 0) is 12.1 Å². The summed E-state index contributed by atoms with van der Waals surface area (Å²) in [6.45, 7) is 3.51. The van der Waals surface area contributed by atoms with Crippen LogP contribution in [-0.2, 0) is 14.3 Å². The number of fused-ring (bicyclic) bond motifs is 2. The Bertz CT molecular complexity index is 1340. The molecule has 0 saturated carbocycles. The molecule has 2 N–H and O–H groups in total. The van der Waals surface area contributed by atoms with Gasteiger partial charge in [-0.1, -0.05) is 0 Å². The highest BCUT2D eigenvalue weighted by Crippen LogP contribution is 2.34. The molecule has 1 unspecified atom stereocenters. The number of nitrogens with zero attached hydrogens (tertiary/aromatic N) is 4. The summed E-state index contributed by atoms with van der Waals surface area (Å²) in [5.41, 5.74) is -0.621. The van der Waals surface area contributed by atoms with Crippen LogP contribution >= 0.6 is 0 Å². The van der Waals surface area contributed by atoms with Crippen molar-refractivity contribution in [3.8, 4) is 17.3 Å². The van der Waals surface area contributed by atoms with Gasteiger partial charge >= 0.3 is 0 Å². The van der Waals surface area contributed by atoms with Crippen LogP contribution in [-0.4, -0.2) is 94.7 Å². The first-order valence-corrected chi connectivity index (χ1v) is 11.9. The van der Waals surface area contributed by atoms with E-state index in [1.165, 1.54) is 6.92 Å². The summed E-state index contributed by atoms with van der Waals surface area (Å²) in [5.74, 6) is -2.92. The van der Waals surface area contributed by atoms with Gasteiger partial charge in [0.25, 0.3) is 6.01 Å². The zero-order valence-corrected chi connectivity index (χ0v) is 19.8. The van der Waals surface area contributed by atoms with E-state index in [2.05, 4.69) is 15.0 Å². The minimum Gasteiger partial charge on any atom is -0.456 e. The molecule has 4 atom stereocenters. The number of benzene rings is 1. The van der Waals surface area contributed by atoms with Crippen LogP contribution in [0.25, 0.3) is 22.4 Å². The van der Waals surface area contributed by atoms with Gasteiger partial charge in [-0.15, -0.1) is 0 Å². The van der Waals surface area contributed by atoms with Crippen LogP contribution in [0.3, 0.4) is 0 Å². The lowest BCUT2D eigenvalue weighted by Crippen LogP contribution is -2.48. The van der Waals surface area contributed by atoms with Crippen LogP contribution in [0.2, 0.25) is 0 Å². The number of aromatic nitrogens is 3. The van der Waals surface area contributed by atoms with Crippen LogP contribution in [0.5, 0.6) is 6.01 Å². The fraction of sp³-hybridized carbons (Fsp3) is 0.458. The topological polar surface area (TPSA) is 113 Å². The Morgan fingerprint density at radius 1 is 1.03 bits per heavy atom. The smallest absolute Gasteiger partial charge is 0.296 e. The Labute approximate surface area is 208 Å². The quantitative estimate of drug-likeness (QED) is 0.535. The predicted octanol–water partition coefficient (Wildman–Crippen LogP) is 1.62. The number of carbonyl (C=O) groups is 1. The van der Waals surface area contributed by atoms with Crippen molar-refractivity contribution in [2.75, 3.05) is 44.3 Å². The number of pyridine rings is 1. The second-order valence-electron chi connectivity index (χ2n) is 9.33. The fourth-order valence-electron chi connectivity index (χ4n) is 5.06. The first-order chi connectivity index (χ1) is 17.8. The Morgan fingerprint density at radius 2 is 1.73 bits per heavy atom. The highest BCUT2D eigenvalue weighted by Gasteiger charge is 2.48. The zero-order chi connectivity index (χ0) is 25.8. The second-order valence-corrected chi connectivity index (χ2v) is 9.33. The van der Waals surface area contributed by atoms with Gasteiger partial charge in [0.1, 0.15) is 35.6 Å². The number of H-pyrrole nitrogens is 1. The monoisotopic (exact) mass is 519 g/mol. The normalized spacial score (nSPS) is 25.6. The van der Waals surface area contributed by atoms with Crippen molar-refractivity contribution in [1.29, 1.82) is 0 Å². The molecular weight excluding hydrogens is 495 g/mol. The van der Waals surface area contributed by atoms with E-state index in [-0.39, 0.29) is 36.3 Å². The predicted molar refractivity (Wildman–Crippen MR) is 124 cm³/mol. The molecular formula is C24H24F3N5O5. The van der Waals surface area contributed by atoms with Gasteiger partial charge in [-0.2, -0.15) is 4.98 Å². The first kappa shape index (κ1) is 23.9. The van der Waals surface area contributed by atoms with E-state index >= 15 is 8.78 Å². The third-order valence-corrected chi connectivity index (χ3v) is 7.00. The van der Waals surface area contributed by atoms with E-state index in [1.54, 1.807) is 9.80 Å². The third kappa shape index (κ3) is 4.26. The summed E-state index contributed by atoms with van der Waals surface area (Å²) in [7, 11) is 0. The van der Waals surface area contributed by atoms with Gasteiger partial charge in [0, 0.05) is 44.9 Å². The Morgan fingerprint density at radius 3 is 2.43 bits per heavy atom. The molecule has 2 aromatic heterocycles. The van der Waals surface area contributed by atoms with E-state index in [0.29, 0.717) is 31.9 Å². The lowest BCUT2D eigenvalue weighted by Gasteiger charge is -2.35. The highest BCUT2D eigenvalue weighted by molar-refractivity contribution is 5.77. The van der Waals surface area contributed by atoms with E-state index in [1.807, 2.05) is 0 Å². The minimum atomic E-state index is -0.965. The van der Waals surface area contributed by atoms with Crippen molar-refractivity contribution >= 4 is 22.8 Å². The summed E-state index contributed by atoms with van der Waals surface area (Å²) in [6, 6.07) is 3.34. The van der Waals surface area contributed by atoms with Crippen molar-refractivity contribution in [3.63, 3.8) is 0 Å². The molecule has 3 aliphatic rings. The number of aliphatic hydroxyl groups is 1. The average molecular weight is 519 g/mol. The van der Waals surface area contributed by atoms with Gasteiger partial charge in [0.05, 0.1) is 24.3 Å². The van der Waals surface area contributed by atoms with Gasteiger partial charge in [-0.3, -0.25) is 4.79 Å². The molecule has 6 rings (SSSR count). The maximum atomic E-state index is 15.1. The summed E-state index contributed by atoms with van der Waals surface area (Å²) in [4.78, 5) is 26.0. The zero-order valence-electron chi connectivity index (χ0n) is 19.8. The molecule has 0 aliphatic carbocycles. The molecule has 0 spiro atoms. The molecule has 37 heavy (non-hydrogen) atoms. The number of rotatable bonds is 4. The molecule has 0 radical (unpaired) electrons. The SMILES string of the molecule is CC(=O)N1CCN(c2cc(F)c(-c3nc4nc(O[C@@H]5COC6[C@H](O)CO[C@@H]65)[nH]c4cc3F)c(F)c2)CC1. The van der Waals surface area contributed by atoms with Crippen LogP contribution in [0.1, 0.15) is 6.92 Å². The molecule has 1 aromatic carbocycles. The summed E-state index contributed by atoms with van der Waals surface area (Å²) in [6.07, 6.45) is -2.26. The average Bonchev–Trinajstić information content (AvgIpc) is 3.55. The molecule has 5 heterocycles. The van der Waals surface area contributed by atoms with Gasteiger partial charge in [0.2, 0.25) is 5.91 Å². The number of aromatic amines is 1. The fourth-order valence-corrected chi connectivity index (χ4v) is 5.06. The number of amides is 1. The molecule has 3 aromatic rings. The van der Waals surface area contributed by atoms with E-state index in [0.717, 1.165) is 18.2 Å². The minimum absolute atomic E-state index is 0.0115. The number of ether oxygens (including phenoxy) is 3. The van der Waals surface area contributed by atoms with Crippen molar-refractivity contribution < 1.29 is 37.3 Å². The molecule has 3 aliphatic heterocycles. The Hall–Kier alpha value is -3.42. The summed E-state index contributed by atoms with van der Waals surface area (Å²) in [5, 5.41) is 9.87. The largest absolute Gasteiger partial charge is 0.456 e. The number of halogens is 3. The van der Waals surface area contributed by atoms with Gasteiger partial charge < -0.3 is 34.1 Å². The first-order valence-electron chi connectivity index (χ1n) is 11.9. The third-order valence-electron chi connectivity index (χ3n) is 7.00. The molecule has 10 nitrogen and oxygen atoms in total. The van der Waals surface area contributed by atoms with Crippen LogP contribution in [0.15, 0.2) is 18.2 Å². The number of aliphatic hydroxyl groups excluding tert-OH is 1. The Kier molecular flexibility index (Phi) is 5.92. The maximum Gasteiger partial charge on any atom is 0.296 e. The highest BCUT2D eigenvalue weighted by atomic mass is 19.1. The van der Waals surface area contributed by atoms with Crippen molar-refractivity contribution in [2.24, 2.45) is 0 Å². The molecule has 13 heteroatoms. The molecule has 3 saturated heterocycles.